The number of nitrogens with one attached hydrogen (secondary N) is 1. The first-order chi connectivity index (χ1) is 16.0. The zero-order valence-electron chi connectivity index (χ0n) is 19.2. The standard InChI is InChI=1S/C26H30N4O3/c1-19-8-7-15-29(17-19)24(31)13-14-27-26(32)23-18-30(21-10-4-3-5-11-21)28-25(23)20-9-6-12-22(16-20)33-2/h3-6,9-12,16,18-19H,7-8,13-15,17H2,1-2H3,(H,27,32). The highest BCUT2D eigenvalue weighted by atomic mass is 16.5. The average Bonchev–Trinajstić information content (AvgIpc) is 3.30. The van der Waals surface area contributed by atoms with Gasteiger partial charge in [0.15, 0.2) is 0 Å². The van der Waals surface area contributed by atoms with Crippen molar-refractivity contribution in [2.24, 2.45) is 5.92 Å². The second kappa shape index (κ2) is 10.3. The Labute approximate surface area is 194 Å². The van der Waals surface area contributed by atoms with E-state index in [1.807, 2.05) is 59.5 Å². The topological polar surface area (TPSA) is 76.5 Å². The lowest BCUT2D eigenvalue weighted by atomic mass is 10.00. The van der Waals surface area contributed by atoms with Gasteiger partial charge in [0.1, 0.15) is 11.4 Å². The summed E-state index contributed by atoms with van der Waals surface area (Å²) < 4.78 is 7.05. The van der Waals surface area contributed by atoms with E-state index in [1.54, 1.807) is 18.0 Å². The summed E-state index contributed by atoms with van der Waals surface area (Å²) >= 11 is 0. The number of nitrogens with zero attached hydrogens (tertiary/aromatic N) is 3. The number of hydrogen-bond donors (Lipinski definition) is 1. The Morgan fingerprint density at radius 3 is 2.73 bits per heavy atom. The fourth-order valence-electron chi connectivity index (χ4n) is 4.19. The largest absolute Gasteiger partial charge is 0.497 e. The quantitative estimate of drug-likeness (QED) is 0.597. The molecule has 2 aromatic carbocycles. The first kappa shape index (κ1) is 22.6. The van der Waals surface area contributed by atoms with Crippen molar-refractivity contribution in [1.82, 2.24) is 20.0 Å². The molecule has 33 heavy (non-hydrogen) atoms. The lowest BCUT2D eigenvalue weighted by Crippen LogP contribution is -2.40. The molecule has 1 aliphatic heterocycles. The van der Waals surface area contributed by atoms with Gasteiger partial charge < -0.3 is 15.0 Å². The summed E-state index contributed by atoms with van der Waals surface area (Å²) in [5.41, 5.74) is 2.65. The molecule has 0 saturated carbocycles. The Kier molecular flexibility index (Phi) is 7.07. The molecule has 0 radical (unpaired) electrons. The molecule has 1 aromatic heterocycles. The number of para-hydroxylation sites is 1. The van der Waals surface area contributed by atoms with Gasteiger partial charge in [-0.25, -0.2) is 4.68 Å². The summed E-state index contributed by atoms with van der Waals surface area (Å²) in [7, 11) is 1.61. The normalized spacial score (nSPS) is 15.8. The molecule has 1 N–H and O–H groups in total. The predicted octanol–water partition coefficient (Wildman–Crippen LogP) is 3.93. The van der Waals surface area contributed by atoms with Crippen LogP contribution in [0.4, 0.5) is 0 Å². The fourth-order valence-corrected chi connectivity index (χ4v) is 4.19. The van der Waals surface area contributed by atoms with E-state index >= 15 is 0 Å². The summed E-state index contributed by atoms with van der Waals surface area (Å²) in [5, 5.41) is 7.61. The van der Waals surface area contributed by atoms with Crippen molar-refractivity contribution in [2.75, 3.05) is 26.7 Å². The predicted molar refractivity (Wildman–Crippen MR) is 127 cm³/mol. The molecule has 4 rings (SSSR count). The van der Waals surface area contributed by atoms with Crippen LogP contribution in [0.5, 0.6) is 5.75 Å². The first-order valence-corrected chi connectivity index (χ1v) is 11.4. The van der Waals surface area contributed by atoms with Crippen LogP contribution in [0.15, 0.2) is 60.8 Å². The first-order valence-electron chi connectivity index (χ1n) is 11.4. The van der Waals surface area contributed by atoms with Gasteiger partial charge >= 0.3 is 0 Å². The molecule has 2 amide bonds. The SMILES string of the molecule is COc1cccc(-c2nn(-c3ccccc3)cc2C(=O)NCCC(=O)N2CCCC(C)C2)c1. The molecule has 1 aliphatic rings. The van der Waals surface area contributed by atoms with Crippen molar-refractivity contribution < 1.29 is 14.3 Å². The molecule has 0 aliphatic carbocycles. The summed E-state index contributed by atoms with van der Waals surface area (Å²) in [6.07, 6.45) is 4.23. The maximum Gasteiger partial charge on any atom is 0.255 e. The number of piperidine rings is 1. The minimum absolute atomic E-state index is 0.0925. The van der Waals surface area contributed by atoms with E-state index in [1.165, 1.54) is 6.42 Å². The molecular weight excluding hydrogens is 416 g/mol. The van der Waals surface area contributed by atoms with E-state index in [-0.39, 0.29) is 18.4 Å². The van der Waals surface area contributed by atoms with Crippen LogP contribution in [-0.2, 0) is 4.79 Å². The van der Waals surface area contributed by atoms with Gasteiger partial charge in [0, 0.05) is 37.8 Å². The average molecular weight is 447 g/mol. The van der Waals surface area contributed by atoms with Gasteiger partial charge in [-0.05, 0) is 43.0 Å². The number of likely N-dealkylation sites (tertiary alicyclic amines) is 1. The third kappa shape index (κ3) is 5.42. The fraction of sp³-hybridized carbons (Fsp3) is 0.346. The molecule has 0 bridgehead atoms. The number of carbonyl (C=O) groups is 2. The number of ether oxygens (including phenoxy) is 1. The maximum atomic E-state index is 13.1. The third-order valence-electron chi connectivity index (χ3n) is 5.96. The highest BCUT2D eigenvalue weighted by Gasteiger charge is 2.22. The van der Waals surface area contributed by atoms with Gasteiger partial charge in [-0.2, -0.15) is 5.10 Å². The van der Waals surface area contributed by atoms with Crippen molar-refractivity contribution in [3.63, 3.8) is 0 Å². The smallest absolute Gasteiger partial charge is 0.255 e. The highest BCUT2D eigenvalue weighted by molar-refractivity contribution is 6.00. The summed E-state index contributed by atoms with van der Waals surface area (Å²) in [6, 6.07) is 17.1. The number of amides is 2. The lowest BCUT2D eigenvalue weighted by Gasteiger charge is -2.31. The van der Waals surface area contributed by atoms with Crippen LogP contribution in [-0.4, -0.2) is 53.2 Å². The van der Waals surface area contributed by atoms with Gasteiger partial charge in [0.25, 0.3) is 5.91 Å². The van der Waals surface area contributed by atoms with Crippen LogP contribution >= 0.6 is 0 Å². The summed E-state index contributed by atoms with van der Waals surface area (Å²) in [4.78, 5) is 27.6. The number of methoxy groups -OCH3 is 1. The molecular formula is C26H30N4O3. The number of carbonyl (C=O) groups excluding carboxylic acids is 2. The molecule has 1 atom stereocenters. The third-order valence-corrected chi connectivity index (χ3v) is 5.96. The van der Waals surface area contributed by atoms with E-state index in [0.717, 1.165) is 30.8 Å². The van der Waals surface area contributed by atoms with Crippen LogP contribution in [0.2, 0.25) is 0 Å². The number of benzene rings is 2. The van der Waals surface area contributed by atoms with Gasteiger partial charge in [0.2, 0.25) is 5.91 Å². The van der Waals surface area contributed by atoms with E-state index in [4.69, 9.17) is 9.84 Å². The molecule has 2 heterocycles. The molecule has 1 fully saturated rings. The van der Waals surface area contributed by atoms with Crippen LogP contribution in [0.25, 0.3) is 16.9 Å². The summed E-state index contributed by atoms with van der Waals surface area (Å²) in [6.45, 7) is 4.07. The minimum atomic E-state index is -0.255. The Hall–Kier alpha value is -3.61. The van der Waals surface area contributed by atoms with E-state index < -0.39 is 0 Å². The molecule has 0 spiro atoms. The second-order valence-corrected chi connectivity index (χ2v) is 8.50. The molecule has 3 aromatic rings. The molecule has 1 saturated heterocycles. The van der Waals surface area contributed by atoms with Crippen molar-refractivity contribution in [2.45, 2.75) is 26.2 Å². The van der Waals surface area contributed by atoms with Gasteiger partial charge in [-0.3, -0.25) is 9.59 Å². The van der Waals surface area contributed by atoms with Crippen LogP contribution in [0, 0.1) is 5.92 Å². The van der Waals surface area contributed by atoms with E-state index in [2.05, 4.69) is 12.2 Å². The lowest BCUT2D eigenvalue weighted by molar-refractivity contribution is -0.132. The van der Waals surface area contributed by atoms with Crippen LogP contribution in [0.3, 0.4) is 0 Å². The molecule has 1 unspecified atom stereocenters. The number of hydrogen-bond acceptors (Lipinski definition) is 4. The second-order valence-electron chi connectivity index (χ2n) is 8.50. The Morgan fingerprint density at radius 2 is 1.97 bits per heavy atom. The Morgan fingerprint density at radius 1 is 1.15 bits per heavy atom. The Balaban J connectivity index is 1.52. The highest BCUT2D eigenvalue weighted by Crippen LogP contribution is 2.27. The Bertz CT molecular complexity index is 1110. The van der Waals surface area contributed by atoms with E-state index in [0.29, 0.717) is 29.3 Å². The van der Waals surface area contributed by atoms with Crippen molar-refractivity contribution in [3.8, 4) is 22.7 Å². The summed E-state index contributed by atoms with van der Waals surface area (Å²) in [5.74, 6) is 1.06. The maximum absolute atomic E-state index is 13.1. The molecule has 7 heteroatoms. The van der Waals surface area contributed by atoms with Crippen molar-refractivity contribution in [1.29, 1.82) is 0 Å². The van der Waals surface area contributed by atoms with Crippen LogP contribution in [0.1, 0.15) is 36.5 Å². The van der Waals surface area contributed by atoms with Crippen molar-refractivity contribution in [3.05, 3.63) is 66.4 Å². The van der Waals surface area contributed by atoms with Gasteiger partial charge in [-0.1, -0.05) is 37.3 Å². The van der Waals surface area contributed by atoms with Crippen molar-refractivity contribution >= 4 is 11.8 Å². The number of rotatable bonds is 7. The monoisotopic (exact) mass is 446 g/mol. The molecule has 172 valence electrons. The van der Waals surface area contributed by atoms with Gasteiger partial charge in [-0.15, -0.1) is 0 Å². The molecule has 7 nitrogen and oxygen atoms in total. The van der Waals surface area contributed by atoms with Gasteiger partial charge in [0.05, 0.1) is 18.4 Å². The number of aromatic nitrogens is 2. The minimum Gasteiger partial charge on any atom is -0.497 e. The zero-order valence-corrected chi connectivity index (χ0v) is 19.2. The zero-order chi connectivity index (χ0) is 23.2. The van der Waals surface area contributed by atoms with Crippen LogP contribution < -0.4 is 10.1 Å². The van der Waals surface area contributed by atoms with E-state index in [9.17, 15) is 9.59 Å².